The first kappa shape index (κ1) is 21.7. The van der Waals surface area contributed by atoms with E-state index >= 15 is 0 Å². The molecule has 4 heterocycles. The van der Waals surface area contributed by atoms with Crippen LogP contribution in [0.25, 0.3) is 10.9 Å². The molecular weight excluding hydrogens is 426 g/mol. The topological polar surface area (TPSA) is 114 Å². The van der Waals surface area contributed by atoms with Crippen LogP contribution in [0.5, 0.6) is 11.6 Å². The summed E-state index contributed by atoms with van der Waals surface area (Å²) in [7, 11) is 2.87. The molecule has 2 aromatic heterocycles. The second-order valence-electron chi connectivity index (χ2n) is 8.61. The third-order valence-corrected chi connectivity index (χ3v) is 6.66. The number of nitrogens with one attached hydrogen (secondary N) is 2. The lowest BCUT2D eigenvalue weighted by molar-refractivity contribution is 0.0322. The molecule has 1 atom stereocenters. The molecule has 1 unspecified atom stereocenters. The van der Waals surface area contributed by atoms with Gasteiger partial charge < -0.3 is 24.9 Å². The van der Waals surface area contributed by atoms with Crippen LogP contribution in [0.1, 0.15) is 22.9 Å². The summed E-state index contributed by atoms with van der Waals surface area (Å²) in [6.07, 6.45) is 0.774. The van der Waals surface area contributed by atoms with Crippen molar-refractivity contribution in [3.05, 3.63) is 55.9 Å². The van der Waals surface area contributed by atoms with Gasteiger partial charge in [-0.15, -0.1) is 0 Å². The van der Waals surface area contributed by atoms with Gasteiger partial charge in [0.25, 0.3) is 5.56 Å². The number of nitrogens with zero attached hydrogens (tertiary/aromatic N) is 3. The summed E-state index contributed by atoms with van der Waals surface area (Å²) >= 11 is 0. The number of benzene rings is 1. The highest BCUT2D eigenvalue weighted by Gasteiger charge is 2.31. The molecule has 33 heavy (non-hydrogen) atoms. The molecule has 2 aliphatic heterocycles. The molecule has 176 valence electrons. The second-order valence-corrected chi connectivity index (χ2v) is 8.61. The van der Waals surface area contributed by atoms with Gasteiger partial charge in [0.1, 0.15) is 17.9 Å². The second kappa shape index (κ2) is 8.69. The monoisotopic (exact) mass is 455 g/mol. The Labute approximate surface area is 190 Å². The van der Waals surface area contributed by atoms with E-state index in [-0.39, 0.29) is 11.4 Å². The Hall–Kier alpha value is -3.08. The summed E-state index contributed by atoms with van der Waals surface area (Å²) in [5.41, 5.74) is 1.94. The standard InChI is InChI=1S/C23H29N5O5/c1-26-21(29)18(22(30)27(2)23(26)31)20-19-15(5-6-24-20)16-13-14(3-4-17(16)25-19)33-12-9-28-7-10-32-11-8-28/h3-4,13,20,24-25,29H,5-12H2,1-2H3. The lowest BCUT2D eigenvalue weighted by atomic mass is 9.95. The van der Waals surface area contributed by atoms with E-state index in [2.05, 4.69) is 15.2 Å². The van der Waals surface area contributed by atoms with E-state index in [1.54, 1.807) is 0 Å². The predicted octanol–water partition coefficient (Wildman–Crippen LogP) is 0.217. The first-order chi connectivity index (χ1) is 16.0. The van der Waals surface area contributed by atoms with Gasteiger partial charge in [-0.2, -0.15) is 0 Å². The van der Waals surface area contributed by atoms with Gasteiger partial charge in [-0.25, -0.2) is 4.79 Å². The Balaban J connectivity index is 1.45. The molecule has 10 nitrogen and oxygen atoms in total. The molecule has 0 amide bonds. The molecule has 3 aromatic rings. The predicted molar refractivity (Wildman–Crippen MR) is 123 cm³/mol. The molecule has 1 aromatic carbocycles. The summed E-state index contributed by atoms with van der Waals surface area (Å²) in [6.45, 7) is 5.49. The molecule has 0 aliphatic carbocycles. The van der Waals surface area contributed by atoms with Crippen molar-refractivity contribution in [3.63, 3.8) is 0 Å². The number of hydrogen-bond acceptors (Lipinski definition) is 7. The van der Waals surface area contributed by atoms with Gasteiger partial charge in [-0.05, 0) is 30.2 Å². The summed E-state index contributed by atoms with van der Waals surface area (Å²) < 4.78 is 13.5. The molecule has 10 heteroatoms. The average molecular weight is 456 g/mol. The maximum Gasteiger partial charge on any atom is 0.333 e. The van der Waals surface area contributed by atoms with E-state index in [4.69, 9.17) is 9.47 Å². The van der Waals surface area contributed by atoms with Crippen molar-refractivity contribution >= 4 is 10.9 Å². The number of morpholine rings is 1. The number of H-pyrrole nitrogens is 1. The Morgan fingerprint density at radius 1 is 1.18 bits per heavy atom. The molecule has 2 aliphatic rings. The molecule has 0 saturated carbocycles. The van der Waals surface area contributed by atoms with Crippen LogP contribution in [-0.2, 0) is 25.3 Å². The number of rotatable bonds is 5. The average Bonchev–Trinajstić information content (AvgIpc) is 3.21. The number of aromatic nitrogens is 3. The Bertz CT molecular complexity index is 1300. The minimum atomic E-state index is -0.562. The van der Waals surface area contributed by atoms with Gasteiger partial charge in [-0.1, -0.05) is 0 Å². The number of fused-ring (bicyclic) bond motifs is 3. The molecular formula is C23H29N5O5. The first-order valence-corrected chi connectivity index (χ1v) is 11.3. The fraction of sp³-hybridized carbons (Fsp3) is 0.478. The SMILES string of the molecule is Cn1c(O)c(C2NCCc3c2[nH]c2ccc(OCCN4CCOCC4)cc32)c(=O)n(C)c1=O. The quantitative estimate of drug-likeness (QED) is 0.504. The largest absolute Gasteiger partial charge is 0.494 e. The van der Waals surface area contributed by atoms with Gasteiger partial charge in [0.05, 0.1) is 19.3 Å². The van der Waals surface area contributed by atoms with Crippen molar-refractivity contribution in [3.8, 4) is 11.6 Å². The minimum absolute atomic E-state index is 0.161. The van der Waals surface area contributed by atoms with E-state index in [1.807, 2.05) is 18.2 Å². The maximum absolute atomic E-state index is 12.9. The fourth-order valence-corrected chi connectivity index (χ4v) is 4.77. The van der Waals surface area contributed by atoms with Gasteiger partial charge >= 0.3 is 5.69 Å². The highest BCUT2D eigenvalue weighted by molar-refractivity contribution is 5.86. The number of aromatic amines is 1. The Morgan fingerprint density at radius 2 is 1.97 bits per heavy atom. The highest BCUT2D eigenvalue weighted by Crippen LogP contribution is 2.36. The zero-order valence-corrected chi connectivity index (χ0v) is 18.9. The van der Waals surface area contributed by atoms with Crippen LogP contribution in [0.4, 0.5) is 0 Å². The molecule has 0 spiro atoms. The van der Waals surface area contributed by atoms with Crippen molar-refractivity contribution in [1.82, 2.24) is 24.3 Å². The molecule has 3 N–H and O–H groups in total. The van der Waals surface area contributed by atoms with Crippen LogP contribution in [0.15, 0.2) is 27.8 Å². The van der Waals surface area contributed by atoms with Gasteiger partial charge in [-0.3, -0.25) is 18.8 Å². The molecule has 0 bridgehead atoms. The Kier molecular flexibility index (Phi) is 5.73. The van der Waals surface area contributed by atoms with Crippen LogP contribution in [0, 0.1) is 0 Å². The van der Waals surface area contributed by atoms with Crippen LogP contribution < -0.4 is 21.3 Å². The van der Waals surface area contributed by atoms with Gasteiger partial charge in [0.15, 0.2) is 0 Å². The summed E-state index contributed by atoms with van der Waals surface area (Å²) in [6, 6.07) is 5.41. The van der Waals surface area contributed by atoms with Crippen LogP contribution in [0.2, 0.25) is 0 Å². The molecule has 1 fully saturated rings. The van der Waals surface area contributed by atoms with Crippen molar-refractivity contribution in [2.75, 3.05) is 46.0 Å². The van der Waals surface area contributed by atoms with Crippen LogP contribution in [0.3, 0.4) is 0 Å². The van der Waals surface area contributed by atoms with Crippen molar-refractivity contribution in [2.24, 2.45) is 14.1 Å². The van der Waals surface area contributed by atoms with E-state index in [0.29, 0.717) is 13.2 Å². The van der Waals surface area contributed by atoms with Crippen molar-refractivity contribution < 1.29 is 14.6 Å². The number of aromatic hydroxyl groups is 1. The van der Waals surface area contributed by atoms with Gasteiger partial charge in [0, 0.05) is 56.9 Å². The summed E-state index contributed by atoms with van der Waals surface area (Å²) in [4.78, 5) is 30.8. The zero-order valence-electron chi connectivity index (χ0n) is 18.9. The fourth-order valence-electron chi connectivity index (χ4n) is 4.77. The van der Waals surface area contributed by atoms with Gasteiger partial charge in [0.2, 0.25) is 5.88 Å². The van der Waals surface area contributed by atoms with Crippen molar-refractivity contribution in [2.45, 2.75) is 12.5 Å². The van der Waals surface area contributed by atoms with E-state index in [1.165, 1.54) is 14.1 Å². The highest BCUT2D eigenvalue weighted by atomic mass is 16.5. The third kappa shape index (κ3) is 3.84. The van der Waals surface area contributed by atoms with E-state index < -0.39 is 17.3 Å². The lowest BCUT2D eigenvalue weighted by Gasteiger charge is -2.26. The first-order valence-electron chi connectivity index (χ1n) is 11.3. The third-order valence-electron chi connectivity index (χ3n) is 6.66. The van der Waals surface area contributed by atoms with Crippen LogP contribution in [-0.4, -0.2) is 70.1 Å². The lowest BCUT2D eigenvalue weighted by Crippen LogP contribution is -2.42. The maximum atomic E-state index is 12.9. The van der Waals surface area contributed by atoms with E-state index in [9.17, 15) is 14.7 Å². The summed E-state index contributed by atoms with van der Waals surface area (Å²) in [5.74, 6) is 0.479. The van der Waals surface area contributed by atoms with E-state index in [0.717, 1.165) is 76.3 Å². The minimum Gasteiger partial charge on any atom is -0.494 e. The summed E-state index contributed by atoms with van der Waals surface area (Å²) in [5, 5.41) is 15.0. The smallest absolute Gasteiger partial charge is 0.333 e. The zero-order chi connectivity index (χ0) is 23.1. The molecule has 1 saturated heterocycles. The molecule has 0 radical (unpaired) electrons. The number of hydrogen-bond donors (Lipinski definition) is 3. The Morgan fingerprint density at radius 3 is 2.76 bits per heavy atom. The number of ether oxygens (including phenoxy) is 2. The van der Waals surface area contributed by atoms with Crippen molar-refractivity contribution in [1.29, 1.82) is 0 Å². The van der Waals surface area contributed by atoms with Crippen LogP contribution >= 0.6 is 0 Å². The molecule has 5 rings (SSSR count). The normalized spacial score (nSPS) is 19.0.